The molecule has 8 heteroatoms. The molecule has 2 aromatic carbocycles. The van der Waals surface area contributed by atoms with E-state index in [0.717, 1.165) is 6.07 Å². The van der Waals surface area contributed by atoms with Crippen molar-refractivity contribution in [3.63, 3.8) is 0 Å². The summed E-state index contributed by atoms with van der Waals surface area (Å²) in [5, 5.41) is 2.47. The van der Waals surface area contributed by atoms with Crippen molar-refractivity contribution in [3.05, 3.63) is 47.2 Å². The third-order valence-electron chi connectivity index (χ3n) is 3.56. The van der Waals surface area contributed by atoms with Gasteiger partial charge in [-0.2, -0.15) is 0 Å². The Labute approximate surface area is 155 Å². The van der Waals surface area contributed by atoms with Gasteiger partial charge in [0, 0.05) is 24.4 Å². The Kier molecular flexibility index (Phi) is 6.41. The SMILES string of the molecule is COc1ccc(N(CC(=O)Nc2ccc(F)c(Cl)c2)C(C)=O)cc1OC. The molecule has 0 aliphatic carbocycles. The van der Waals surface area contributed by atoms with Gasteiger partial charge < -0.3 is 19.7 Å². The fraction of sp³-hybridized carbons (Fsp3) is 0.222. The number of benzene rings is 2. The van der Waals surface area contributed by atoms with Crippen LogP contribution in [0.4, 0.5) is 15.8 Å². The predicted molar refractivity (Wildman–Crippen MR) is 97.6 cm³/mol. The monoisotopic (exact) mass is 380 g/mol. The summed E-state index contributed by atoms with van der Waals surface area (Å²) in [6.07, 6.45) is 0. The van der Waals surface area contributed by atoms with Gasteiger partial charge in [-0.25, -0.2) is 4.39 Å². The van der Waals surface area contributed by atoms with Crippen LogP contribution in [0.1, 0.15) is 6.92 Å². The van der Waals surface area contributed by atoms with E-state index in [-0.39, 0.29) is 17.5 Å². The van der Waals surface area contributed by atoms with Crippen LogP contribution < -0.4 is 19.7 Å². The first-order valence-electron chi connectivity index (χ1n) is 7.60. The van der Waals surface area contributed by atoms with E-state index in [4.69, 9.17) is 21.1 Å². The van der Waals surface area contributed by atoms with Crippen LogP contribution in [0.15, 0.2) is 36.4 Å². The topological polar surface area (TPSA) is 67.9 Å². The van der Waals surface area contributed by atoms with E-state index < -0.39 is 11.7 Å². The van der Waals surface area contributed by atoms with E-state index in [1.807, 2.05) is 0 Å². The van der Waals surface area contributed by atoms with Gasteiger partial charge in [0.25, 0.3) is 0 Å². The van der Waals surface area contributed by atoms with Gasteiger partial charge >= 0.3 is 0 Å². The second-order valence-electron chi connectivity index (χ2n) is 5.32. The second kappa shape index (κ2) is 8.53. The smallest absolute Gasteiger partial charge is 0.244 e. The van der Waals surface area contributed by atoms with Gasteiger partial charge in [0.1, 0.15) is 12.4 Å². The lowest BCUT2D eigenvalue weighted by atomic mass is 10.2. The molecule has 1 N–H and O–H groups in total. The second-order valence-corrected chi connectivity index (χ2v) is 5.73. The molecule has 26 heavy (non-hydrogen) atoms. The van der Waals surface area contributed by atoms with Crippen molar-refractivity contribution in [3.8, 4) is 11.5 Å². The maximum Gasteiger partial charge on any atom is 0.244 e. The highest BCUT2D eigenvalue weighted by Crippen LogP contribution is 2.31. The summed E-state index contributed by atoms with van der Waals surface area (Å²) < 4.78 is 23.6. The number of carbonyl (C=O) groups excluding carboxylic acids is 2. The number of hydrogen-bond donors (Lipinski definition) is 1. The fourth-order valence-corrected chi connectivity index (χ4v) is 2.48. The van der Waals surface area contributed by atoms with Crippen LogP contribution in [-0.4, -0.2) is 32.6 Å². The van der Waals surface area contributed by atoms with Crippen molar-refractivity contribution in [2.75, 3.05) is 31.0 Å². The summed E-state index contributed by atoms with van der Waals surface area (Å²) in [7, 11) is 2.98. The molecule has 0 heterocycles. The number of methoxy groups -OCH3 is 2. The normalized spacial score (nSPS) is 10.2. The minimum atomic E-state index is -0.583. The van der Waals surface area contributed by atoms with Crippen LogP contribution in [0.3, 0.4) is 0 Å². The number of nitrogens with zero attached hydrogens (tertiary/aromatic N) is 1. The van der Waals surface area contributed by atoms with Crippen molar-refractivity contribution in [1.29, 1.82) is 0 Å². The molecule has 0 bridgehead atoms. The Morgan fingerprint density at radius 1 is 1.12 bits per heavy atom. The van der Waals surface area contributed by atoms with Crippen LogP contribution >= 0.6 is 11.6 Å². The maximum absolute atomic E-state index is 13.2. The quantitative estimate of drug-likeness (QED) is 0.833. The van der Waals surface area contributed by atoms with Crippen molar-refractivity contribution in [2.45, 2.75) is 6.92 Å². The number of amides is 2. The van der Waals surface area contributed by atoms with Gasteiger partial charge in [-0.1, -0.05) is 11.6 Å². The largest absolute Gasteiger partial charge is 0.493 e. The summed E-state index contributed by atoms with van der Waals surface area (Å²) in [6, 6.07) is 8.71. The van der Waals surface area contributed by atoms with Gasteiger partial charge in [-0.3, -0.25) is 9.59 Å². The van der Waals surface area contributed by atoms with Gasteiger partial charge in [0.2, 0.25) is 11.8 Å². The zero-order chi connectivity index (χ0) is 19.3. The Morgan fingerprint density at radius 2 is 1.81 bits per heavy atom. The van der Waals surface area contributed by atoms with Crippen molar-refractivity contribution in [1.82, 2.24) is 0 Å². The van der Waals surface area contributed by atoms with Crippen LogP contribution in [0.5, 0.6) is 11.5 Å². The molecule has 2 aromatic rings. The lowest BCUT2D eigenvalue weighted by Gasteiger charge is -2.22. The average molecular weight is 381 g/mol. The van der Waals surface area contributed by atoms with Gasteiger partial charge in [-0.15, -0.1) is 0 Å². The van der Waals surface area contributed by atoms with E-state index in [1.54, 1.807) is 18.2 Å². The zero-order valence-corrected chi connectivity index (χ0v) is 15.3. The highest BCUT2D eigenvalue weighted by molar-refractivity contribution is 6.31. The summed E-state index contributed by atoms with van der Waals surface area (Å²) in [5.74, 6) is -0.436. The zero-order valence-electron chi connectivity index (χ0n) is 14.5. The average Bonchev–Trinajstić information content (AvgIpc) is 2.62. The lowest BCUT2D eigenvalue weighted by Crippen LogP contribution is -2.36. The Morgan fingerprint density at radius 3 is 2.38 bits per heavy atom. The minimum Gasteiger partial charge on any atom is -0.493 e. The molecule has 0 aliphatic rings. The van der Waals surface area contributed by atoms with Gasteiger partial charge in [0.15, 0.2) is 11.5 Å². The molecular formula is C18H18ClFN2O4. The van der Waals surface area contributed by atoms with Gasteiger partial charge in [0.05, 0.1) is 19.2 Å². The van der Waals surface area contributed by atoms with Gasteiger partial charge in [-0.05, 0) is 30.3 Å². The predicted octanol–water partition coefficient (Wildman–Crippen LogP) is 3.49. The molecule has 0 saturated carbocycles. The Hall–Kier alpha value is -2.80. The lowest BCUT2D eigenvalue weighted by molar-refractivity contribution is -0.120. The molecule has 0 spiro atoms. The molecule has 0 fully saturated rings. The van der Waals surface area contributed by atoms with Crippen molar-refractivity contribution >= 4 is 34.8 Å². The van der Waals surface area contributed by atoms with E-state index >= 15 is 0 Å². The number of carbonyl (C=O) groups is 2. The molecule has 2 rings (SSSR count). The number of nitrogens with one attached hydrogen (secondary N) is 1. The van der Waals surface area contributed by atoms with Crippen LogP contribution in [0, 0.1) is 5.82 Å². The minimum absolute atomic E-state index is 0.105. The van der Waals surface area contributed by atoms with Crippen molar-refractivity contribution < 1.29 is 23.5 Å². The molecule has 0 aromatic heterocycles. The first kappa shape index (κ1) is 19.5. The molecule has 0 saturated heterocycles. The third kappa shape index (κ3) is 4.64. The molecule has 0 unspecified atom stereocenters. The summed E-state index contributed by atoms with van der Waals surface area (Å²) >= 11 is 5.69. The van der Waals surface area contributed by atoms with E-state index in [2.05, 4.69) is 5.32 Å². The van der Waals surface area contributed by atoms with E-state index in [1.165, 1.54) is 38.2 Å². The van der Waals surface area contributed by atoms with E-state index in [9.17, 15) is 14.0 Å². The molecule has 6 nitrogen and oxygen atoms in total. The molecule has 0 aliphatic heterocycles. The number of rotatable bonds is 6. The Bertz CT molecular complexity index is 829. The molecule has 0 radical (unpaired) electrons. The standard InChI is InChI=1S/C18H18ClFN2O4/c1-11(23)22(13-5-7-16(25-2)17(9-13)26-3)10-18(24)21-12-4-6-15(20)14(19)8-12/h4-9H,10H2,1-3H3,(H,21,24). The van der Waals surface area contributed by atoms with Crippen molar-refractivity contribution in [2.24, 2.45) is 0 Å². The van der Waals surface area contributed by atoms with Crippen LogP contribution in [-0.2, 0) is 9.59 Å². The summed E-state index contributed by atoms with van der Waals surface area (Å²) in [4.78, 5) is 25.5. The van der Waals surface area contributed by atoms with Crippen LogP contribution in [0.2, 0.25) is 5.02 Å². The number of hydrogen-bond acceptors (Lipinski definition) is 4. The first-order valence-corrected chi connectivity index (χ1v) is 7.98. The molecule has 2 amide bonds. The molecular weight excluding hydrogens is 363 g/mol. The highest BCUT2D eigenvalue weighted by atomic mass is 35.5. The maximum atomic E-state index is 13.2. The van der Waals surface area contributed by atoms with E-state index in [0.29, 0.717) is 22.9 Å². The number of ether oxygens (including phenoxy) is 2. The highest BCUT2D eigenvalue weighted by Gasteiger charge is 2.18. The Balaban J connectivity index is 2.18. The first-order chi connectivity index (χ1) is 12.3. The number of anilines is 2. The van der Waals surface area contributed by atoms with Crippen LogP contribution in [0.25, 0.3) is 0 Å². The summed E-state index contributed by atoms with van der Waals surface area (Å²) in [5.41, 5.74) is 0.805. The third-order valence-corrected chi connectivity index (χ3v) is 3.85. The summed E-state index contributed by atoms with van der Waals surface area (Å²) in [6.45, 7) is 1.11. The number of halogens is 2. The molecule has 0 atom stereocenters. The fourth-order valence-electron chi connectivity index (χ4n) is 2.30. The molecule has 138 valence electrons.